The van der Waals surface area contributed by atoms with Gasteiger partial charge in [0.05, 0.1) is 17.7 Å². The van der Waals surface area contributed by atoms with Gasteiger partial charge in [-0.2, -0.15) is 0 Å². The lowest BCUT2D eigenvalue weighted by Crippen LogP contribution is -2.59. The van der Waals surface area contributed by atoms with E-state index in [2.05, 4.69) is 9.88 Å². The number of fused-ring (bicyclic) bond motifs is 1. The normalized spacial score (nSPS) is 21.1. The summed E-state index contributed by atoms with van der Waals surface area (Å²) in [6, 6.07) is 15.9. The second-order valence-electron chi connectivity index (χ2n) is 9.68. The highest BCUT2D eigenvalue weighted by atomic mass is 19.1. The van der Waals surface area contributed by atoms with E-state index >= 15 is 4.39 Å². The third-order valence-electron chi connectivity index (χ3n) is 7.44. The first-order valence-electron chi connectivity index (χ1n) is 11.9. The van der Waals surface area contributed by atoms with Crippen LogP contribution in [0.1, 0.15) is 31.2 Å². The molecule has 6 rings (SSSR count). The summed E-state index contributed by atoms with van der Waals surface area (Å²) in [5, 5.41) is 1.03. The third kappa shape index (κ3) is 4.02. The number of carbonyl (C=O) groups is 1. The van der Waals surface area contributed by atoms with Crippen LogP contribution in [0.5, 0.6) is 0 Å². The zero-order chi connectivity index (χ0) is 22.4. The Morgan fingerprint density at radius 3 is 2.73 bits per heavy atom. The van der Waals surface area contributed by atoms with Gasteiger partial charge < -0.3 is 9.64 Å². The van der Waals surface area contributed by atoms with Crippen molar-refractivity contribution < 1.29 is 13.9 Å². The number of likely N-dealkylation sites (tertiary alicyclic amines) is 1. The molecule has 3 aliphatic rings. The van der Waals surface area contributed by atoms with Crippen molar-refractivity contribution in [3.05, 3.63) is 66.1 Å². The molecule has 2 saturated heterocycles. The van der Waals surface area contributed by atoms with Crippen molar-refractivity contribution >= 4 is 16.8 Å². The maximum Gasteiger partial charge on any atom is 0.248 e. The van der Waals surface area contributed by atoms with Crippen molar-refractivity contribution in [1.29, 1.82) is 0 Å². The first kappa shape index (κ1) is 20.8. The van der Waals surface area contributed by atoms with Crippen molar-refractivity contribution in [2.75, 3.05) is 26.2 Å². The lowest BCUT2D eigenvalue weighted by atomic mass is 9.89. The van der Waals surface area contributed by atoms with Crippen LogP contribution in [0.15, 0.2) is 54.7 Å². The number of hydrogen-bond acceptors (Lipinski definition) is 4. The van der Waals surface area contributed by atoms with E-state index in [1.54, 1.807) is 12.3 Å². The molecule has 1 spiro atoms. The Balaban J connectivity index is 1.14. The summed E-state index contributed by atoms with van der Waals surface area (Å²) in [6.07, 6.45) is 5.79. The quantitative estimate of drug-likeness (QED) is 0.597. The third-order valence-corrected chi connectivity index (χ3v) is 7.44. The second kappa shape index (κ2) is 8.19. The smallest absolute Gasteiger partial charge is 0.248 e. The van der Waals surface area contributed by atoms with Gasteiger partial charge in [0.2, 0.25) is 5.91 Å². The Morgan fingerprint density at radius 2 is 1.94 bits per heavy atom. The topological polar surface area (TPSA) is 45.7 Å². The van der Waals surface area contributed by atoms with Crippen LogP contribution in [0, 0.1) is 5.82 Å². The molecule has 3 heterocycles. The van der Waals surface area contributed by atoms with Crippen LogP contribution >= 0.6 is 0 Å². The van der Waals surface area contributed by atoms with Gasteiger partial charge >= 0.3 is 0 Å². The van der Waals surface area contributed by atoms with Gasteiger partial charge in [-0.3, -0.25) is 14.7 Å². The average Bonchev–Trinajstić information content (AvgIpc) is 3.69. The van der Waals surface area contributed by atoms with Crippen molar-refractivity contribution in [2.45, 2.75) is 43.9 Å². The maximum atomic E-state index is 15.1. The van der Waals surface area contributed by atoms with Gasteiger partial charge in [0, 0.05) is 42.8 Å². The zero-order valence-corrected chi connectivity index (χ0v) is 18.7. The van der Waals surface area contributed by atoms with Crippen molar-refractivity contribution in [1.82, 2.24) is 14.8 Å². The molecule has 5 nitrogen and oxygen atoms in total. The van der Waals surface area contributed by atoms with Crippen molar-refractivity contribution in [3.8, 4) is 11.1 Å². The zero-order valence-electron chi connectivity index (χ0n) is 18.7. The number of rotatable bonds is 4. The molecule has 1 aliphatic carbocycles. The van der Waals surface area contributed by atoms with Gasteiger partial charge in [-0.1, -0.05) is 30.3 Å². The van der Waals surface area contributed by atoms with Gasteiger partial charge in [-0.15, -0.1) is 0 Å². The SMILES string of the molecule is O=C1COC2(CCN(Cc3ccc(-c4cccc5ncccc45)cc3F)CC2)CN1C1CC1. The van der Waals surface area contributed by atoms with Gasteiger partial charge in [0.15, 0.2) is 0 Å². The van der Waals surface area contributed by atoms with Gasteiger partial charge in [0.25, 0.3) is 0 Å². The highest BCUT2D eigenvalue weighted by Gasteiger charge is 2.46. The molecule has 0 unspecified atom stereocenters. The fourth-order valence-electron chi connectivity index (χ4n) is 5.32. The first-order valence-corrected chi connectivity index (χ1v) is 11.9. The molecule has 1 saturated carbocycles. The van der Waals surface area contributed by atoms with E-state index in [0.717, 1.165) is 60.8 Å². The summed E-state index contributed by atoms with van der Waals surface area (Å²) in [6.45, 7) is 3.21. The minimum Gasteiger partial charge on any atom is -0.363 e. The number of aromatic nitrogens is 1. The van der Waals surface area contributed by atoms with E-state index in [0.29, 0.717) is 24.7 Å². The summed E-state index contributed by atoms with van der Waals surface area (Å²) in [5.74, 6) is -0.0391. The number of morpholine rings is 1. The molecule has 1 aromatic heterocycles. The molecule has 0 atom stereocenters. The number of hydrogen-bond donors (Lipinski definition) is 0. The molecule has 3 fully saturated rings. The fourth-order valence-corrected chi connectivity index (χ4v) is 5.32. The molecule has 6 heteroatoms. The highest BCUT2D eigenvalue weighted by molar-refractivity contribution is 5.94. The van der Waals surface area contributed by atoms with E-state index < -0.39 is 0 Å². The molecule has 0 N–H and O–H groups in total. The van der Waals surface area contributed by atoms with E-state index in [9.17, 15) is 4.79 Å². The first-order chi connectivity index (χ1) is 16.1. The summed E-state index contributed by atoms with van der Waals surface area (Å²) in [4.78, 5) is 20.9. The summed E-state index contributed by atoms with van der Waals surface area (Å²) in [5.41, 5.74) is 3.27. The predicted octanol–water partition coefficient (Wildman–Crippen LogP) is 4.40. The van der Waals surface area contributed by atoms with Crippen LogP contribution in [-0.2, 0) is 16.1 Å². The number of ether oxygens (including phenoxy) is 1. The van der Waals surface area contributed by atoms with Gasteiger partial charge in [-0.05, 0) is 55.0 Å². The minimum atomic E-state index is -0.224. The summed E-state index contributed by atoms with van der Waals surface area (Å²) in [7, 11) is 0. The molecule has 2 aliphatic heterocycles. The van der Waals surface area contributed by atoms with Crippen LogP contribution in [0.4, 0.5) is 4.39 Å². The van der Waals surface area contributed by atoms with Crippen LogP contribution in [0.25, 0.3) is 22.0 Å². The number of nitrogens with zero attached hydrogens (tertiary/aromatic N) is 3. The van der Waals surface area contributed by atoms with Crippen LogP contribution in [0.3, 0.4) is 0 Å². The standard InChI is InChI=1S/C27H28FN3O2/c28-24-15-19(22-3-1-5-25-23(22)4-2-12-29-25)6-7-20(24)16-30-13-10-27(11-14-30)18-31(21-8-9-21)26(32)17-33-27/h1-7,12,15,21H,8-11,13-14,16-18H2. The number of piperidine rings is 1. The maximum absolute atomic E-state index is 15.1. The Kier molecular flexibility index (Phi) is 5.15. The van der Waals surface area contributed by atoms with E-state index in [1.165, 1.54) is 0 Å². The number of halogens is 1. The molecular weight excluding hydrogens is 417 g/mol. The lowest BCUT2D eigenvalue weighted by Gasteiger charge is -2.47. The Hall–Kier alpha value is -2.83. The monoisotopic (exact) mass is 445 g/mol. The lowest BCUT2D eigenvalue weighted by molar-refractivity contribution is -0.172. The largest absolute Gasteiger partial charge is 0.363 e. The molecule has 1 amide bonds. The van der Waals surface area contributed by atoms with E-state index in [4.69, 9.17) is 4.74 Å². The Bertz CT molecular complexity index is 1200. The van der Waals surface area contributed by atoms with Crippen molar-refractivity contribution in [3.63, 3.8) is 0 Å². The number of carbonyl (C=O) groups excluding carboxylic acids is 1. The van der Waals surface area contributed by atoms with Crippen LogP contribution in [-0.4, -0.2) is 58.6 Å². The van der Waals surface area contributed by atoms with Crippen molar-refractivity contribution in [2.24, 2.45) is 0 Å². The van der Waals surface area contributed by atoms with E-state index in [-0.39, 0.29) is 23.9 Å². The second-order valence-corrected chi connectivity index (χ2v) is 9.68. The number of pyridine rings is 1. The number of amides is 1. The predicted molar refractivity (Wildman–Crippen MR) is 125 cm³/mol. The highest BCUT2D eigenvalue weighted by Crippen LogP contribution is 2.37. The minimum absolute atomic E-state index is 0.134. The Morgan fingerprint density at radius 1 is 1.09 bits per heavy atom. The molecule has 0 bridgehead atoms. The summed E-state index contributed by atoms with van der Waals surface area (Å²) < 4.78 is 21.2. The Labute approximate surface area is 193 Å². The molecule has 2 aromatic carbocycles. The molecule has 33 heavy (non-hydrogen) atoms. The van der Waals surface area contributed by atoms with Crippen LogP contribution in [0.2, 0.25) is 0 Å². The molecule has 170 valence electrons. The number of benzene rings is 2. The molecule has 0 radical (unpaired) electrons. The van der Waals surface area contributed by atoms with Gasteiger partial charge in [-0.25, -0.2) is 4.39 Å². The molecule has 3 aromatic rings. The summed E-state index contributed by atoms with van der Waals surface area (Å²) >= 11 is 0. The molecular formula is C27H28FN3O2. The van der Waals surface area contributed by atoms with Crippen LogP contribution < -0.4 is 0 Å². The van der Waals surface area contributed by atoms with Gasteiger partial charge in [0.1, 0.15) is 12.4 Å². The average molecular weight is 446 g/mol. The fraction of sp³-hybridized carbons (Fsp3) is 0.407. The van der Waals surface area contributed by atoms with E-state index in [1.807, 2.05) is 47.4 Å².